The van der Waals surface area contributed by atoms with Crippen LogP contribution in [0.4, 0.5) is 0 Å². The molecule has 248 valence electrons. The van der Waals surface area contributed by atoms with Gasteiger partial charge in [-0.1, -0.05) is 85.8 Å². The van der Waals surface area contributed by atoms with Crippen molar-refractivity contribution in [2.75, 3.05) is 6.61 Å². The molecular formula is C41H39N3O5. The Labute approximate surface area is 286 Å². The number of nitrogens with zero attached hydrogens (tertiary/aromatic N) is 2. The Kier molecular flexibility index (Phi) is 10.3. The van der Waals surface area contributed by atoms with Crippen molar-refractivity contribution >= 4 is 11.9 Å². The van der Waals surface area contributed by atoms with Gasteiger partial charge in [-0.05, 0) is 67.8 Å². The molecule has 4 aromatic carbocycles. The number of para-hydroxylation sites is 1. The number of carbonyl (C=O) groups is 2. The van der Waals surface area contributed by atoms with E-state index < -0.39 is 17.9 Å². The lowest BCUT2D eigenvalue weighted by atomic mass is 9.79. The summed E-state index contributed by atoms with van der Waals surface area (Å²) in [6.07, 6.45) is 2.78. The van der Waals surface area contributed by atoms with Crippen LogP contribution >= 0.6 is 0 Å². The number of benzene rings is 4. The van der Waals surface area contributed by atoms with Gasteiger partial charge in [0.2, 0.25) is 0 Å². The Hall–Kier alpha value is -5.89. The summed E-state index contributed by atoms with van der Waals surface area (Å²) in [6, 6.07) is 36.4. The Morgan fingerprint density at radius 3 is 1.73 bits per heavy atom. The molecule has 1 N–H and O–H groups in total. The van der Waals surface area contributed by atoms with E-state index in [2.05, 4.69) is 12.2 Å². The van der Waals surface area contributed by atoms with Crippen molar-refractivity contribution in [3.05, 3.63) is 161 Å². The first-order valence-corrected chi connectivity index (χ1v) is 16.4. The summed E-state index contributed by atoms with van der Waals surface area (Å²) in [6.45, 7) is 6.47. The quantitative estimate of drug-likeness (QED) is 0.136. The van der Waals surface area contributed by atoms with Gasteiger partial charge in [0.15, 0.2) is 0 Å². The molecule has 1 aliphatic heterocycles. The van der Waals surface area contributed by atoms with Crippen molar-refractivity contribution in [3.63, 3.8) is 0 Å². The molecule has 0 aliphatic carbocycles. The van der Waals surface area contributed by atoms with E-state index >= 15 is 0 Å². The second kappa shape index (κ2) is 15.3. The van der Waals surface area contributed by atoms with Crippen molar-refractivity contribution in [2.24, 2.45) is 0 Å². The topological polar surface area (TPSA) is 91.7 Å². The molecule has 0 spiro atoms. The Morgan fingerprint density at radius 2 is 1.22 bits per heavy atom. The molecule has 49 heavy (non-hydrogen) atoms. The highest BCUT2D eigenvalue weighted by Gasteiger charge is 2.40. The molecule has 1 aromatic heterocycles. The van der Waals surface area contributed by atoms with Gasteiger partial charge < -0.3 is 19.5 Å². The molecule has 0 saturated heterocycles. The van der Waals surface area contributed by atoms with Gasteiger partial charge in [-0.3, -0.25) is 0 Å². The van der Waals surface area contributed by atoms with Gasteiger partial charge in [-0.2, -0.15) is 5.10 Å². The summed E-state index contributed by atoms with van der Waals surface area (Å²) in [5, 5.41) is 8.32. The van der Waals surface area contributed by atoms with E-state index in [4.69, 9.17) is 19.3 Å². The van der Waals surface area contributed by atoms with Crippen molar-refractivity contribution in [1.29, 1.82) is 0 Å². The SMILES string of the molecule is CCCOc1ccc(-c2nn(-c3ccccc3)cc2C2C(C(=O)OCc3ccccc3)=C(C)NC(C)=C2C(=O)OCc2ccccc2)cc1. The van der Waals surface area contributed by atoms with Crippen LogP contribution in [0.5, 0.6) is 5.75 Å². The maximum atomic E-state index is 14.2. The number of aromatic nitrogens is 2. The zero-order chi connectivity index (χ0) is 34.2. The fourth-order valence-electron chi connectivity index (χ4n) is 5.91. The summed E-state index contributed by atoms with van der Waals surface area (Å²) in [4.78, 5) is 28.3. The summed E-state index contributed by atoms with van der Waals surface area (Å²) in [5.74, 6) is -1.18. The third kappa shape index (κ3) is 7.65. The van der Waals surface area contributed by atoms with Crippen molar-refractivity contribution < 1.29 is 23.8 Å². The minimum absolute atomic E-state index is 0.0784. The second-order valence-corrected chi connectivity index (χ2v) is 11.8. The Balaban J connectivity index is 1.47. The summed E-state index contributed by atoms with van der Waals surface area (Å²) >= 11 is 0. The third-order valence-corrected chi connectivity index (χ3v) is 8.30. The zero-order valence-corrected chi connectivity index (χ0v) is 27.9. The van der Waals surface area contributed by atoms with Crippen molar-refractivity contribution in [1.82, 2.24) is 15.1 Å². The maximum absolute atomic E-state index is 14.2. The number of hydrogen-bond acceptors (Lipinski definition) is 7. The lowest BCUT2D eigenvalue weighted by molar-refractivity contribution is -0.141. The number of allylic oxidation sites excluding steroid dienone is 2. The fraction of sp³-hybridized carbons (Fsp3) is 0.195. The molecule has 8 heteroatoms. The normalized spacial score (nSPS) is 13.2. The van der Waals surface area contributed by atoms with Gasteiger partial charge in [0.25, 0.3) is 0 Å². The Morgan fingerprint density at radius 1 is 0.714 bits per heavy atom. The number of hydrogen-bond donors (Lipinski definition) is 1. The first kappa shape index (κ1) is 33.0. The van der Waals surface area contributed by atoms with Gasteiger partial charge in [0.1, 0.15) is 19.0 Å². The van der Waals surface area contributed by atoms with Gasteiger partial charge in [-0.25, -0.2) is 14.3 Å². The first-order chi connectivity index (χ1) is 23.9. The lowest BCUT2D eigenvalue weighted by Crippen LogP contribution is -2.32. The zero-order valence-electron chi connectivity index (χ0n) is 27.9. The van der Waals surface area contributed by atoms with Crippen LogP contribution in [0.3, 0.4) is 0 Å². The molecule has 1 aliphatic rings. The van der Waals surface area contributed by atoms with Crippen LogP contribution in [0.15, 0.2) is 144 Å². The molecule has 0 saturated carbocycles. The molecule has 0 bridgehead atoms. The van der Waals surface area contributed by atoms with E-state index in [0.717, 1.165) is 34.5 Å². The number of ether oxygens (including phenoxy) is 3. The van der Waals surface area contributed by atoms with Crippen LogP contribution in [0.2, 0.25) is 0 Å². The molecule has 2 heterocycles. The number of esters is 2. The highest BCUT2D eigenvalue weighted by molar-refractivity contribution is 6.00. The van der Waals surface area contributed by atoms with E-state index in [1.54, 1.807) is 4.68 Å². The number of dihydropyridines is 1. The van der Waals surface area contributed by atoms with Crippen molar-refractivity contribution in [3.8, 4) is 22.7 Å². The van der Waals surface area contributed by atoms with Crippen molar-refractivity contribution in [2.45, 2.75) is 46.3 Å². The minimum atomic E-state index is -0.851. The number of carbonyl (C=O) groups excluding carboxylic acids is 2. The lowest BCUT2D eigenvalue weighted by Gasteiger charge is -2.30. The number of nitrogens with one attached hydrogen (secondary N) is 1. The average Bonchev–Trinajstić information content (AvgIpc) is 3.58. The van der Waals surface area contributed by atoms with Gasteiger partial charge >= 0.3 is 11.9 Å². The third-order valence-electron chi connectivity index (χ3n) is 8.30. The van der Waals surface area contributed by atoms with E-state index in [1.807, 2.05) is 135 Å². The molecular weight excluding hydrogens is 614 g/mol. The molecule has 8 nitrogen and oxygen atoms in total. The predicted molar refractivity (Wildman–Crippen MR) is 189 cm³/mol. The monoisotopic (exact) mass is 653 g/mol. The molecule has 0 radical (unpaired) electrons. The minimum Gasteiger partial charge on any atom is -0.494 e. The Bertz CT molecular complexity index is 1890. The van der Waals surface area contributed by atoms with Gasteiger partial charge in [0, 0.05) is 28.7 Å². The number of rotatable bonds is 12. The standard InChI is InChI=1S/C41H39N3O5/c1-4-24-47-34-22-20-32(21-23-34)39-35(25-44(43-39)33-18-12-7-13-19-33)38-36(40(45)48-26-30-14-8-5-9-15-30)28(2)42-29(3)37(38)41(46)49-27-31-16-10-6-11-17-31/h5-23,25,38,42H,4,24,26-27H2,1-3H3. The summed E-state index contributed by atoms with van der Waals surface area (Å²) in [5.41, 5.74) is 6.40. The summed E-state index contributed by atoms with van der Waals surface area (Å²) in [7, 11) is 0. The predicted octanol–water partition coefficient (Wildman–Crippen LogP) is 8.05. The van der Waals surface area contributed by atoms with E-state index in [0.29, 0.717) is 40.4 Å². The fourth-order valence-corrected chi connectivity index (χ4v) is 5.91. The van der Waals surface area contributed by atoms with Crippen LogP contribution in [0.25, 0.3) is 16.9 Å². The van der Waals surface area contributed by atoms with Crippen LogP contribution in [0, 0.1) is 0 Å². The molecule has 0 atom stereocenters. The van der Waals surface area contributed by atoms with E-state index in [9.17, 15) is 9.59 Å². The molecule has 0 unspecified atom stereocenters. The molecule has 5 aromatic rings. The first-order valence-electron chi connectivity index (χ1n) is 16.4. The molecule has 6 rings (SSSR count). The highest BCUT2D eigenvalue weighted by atomic mass is 16.5. The van der Waals surface area contributed by atoms with Crippen LogP contribution in [0.1, 0.15) is 49.8 Å². The smallest absolute Gasteiger partial charge is 0.337 e. The largest absolute Gasteiger partial charge is 0.494 e. The molecule has 0 amide bonds. The van der Waals surface area contributed by atoms with E-state index in [-0.39, 0.29) is 13.2 Å². The summed E-state index contributed by atoms with van der Waals surface area (Å²) < 4.78 is 19.5. The maximum Gasteiger partial charge on any atom is 0.337 e. The molecule has 0 fully saturated rings. The van der Waals surface area contributed by atoms with Gasteiger partial charge in [0.05, 0.1) is 35.1 Å². The van der Waals surface area contributed by atoms with Crippen LogP contribution in [-0.4, -0.2) is 28.3 Å². The average molecular weight is 654 g/mol. The van der Waals surface area contributed by atoms with Crippen LogP contribution < -0.4 is 10.1 Å². The van der Waals surface area contributed by atoms with E-state index in [1.165, 1.54) is 0 Å². The van der Waals surface area contributed by atoms with Gasteiger partial charge in [-0.15, -0.1) is 0 Å². The van der Waals surface area contributed by atoms with Crippen LogP contribution in [-0.2, 0) is 32.3 Å². The highest BCUT2D eigenvalue weighted by Crippen LogP contribution is 2.43. The second-order valence-electron chi connectivity index (χ2n) is 11.8.